The lowest BCUT2D eigenvalue weighted by atomic mass is 10.1. The molecular formula is C14H12BrFN2O2. The van der Waals surface area contributed by atoms with Crippen molar-refractivity contribution in [2.45, 2.75) is 0 Å². The fourth-order valence-corrected chi connectivity index (χ4v) is 2.20. The number of methoxy groups -OCH3 is 1. The maximum absolute atomic E-state index is 13.7. The summed E-state index contributed by atoms with van der Waals surface area (Å²) in [4.78, 5) is 12.3. The second kappa shape index (κ2) is 5.92. The predicted octanol–water partition coefficient (Wildman–Crippen LogP) is 3.43. The van der Waals surface area contributed by atoms with E-state index in [0.717, 1.165) is 0 Å². The molecule has 0 atom stereocenters. The van der Waals surface area contributed by atoms with E-state index in [4.69, 9.17) is 10.5 Å². The average molecular weight is 339 g/mol. The second-order valence-electron chi connectivity index (χ2n) is 3.98. The minimum atomic E-state index is -0.541. The van der Waals surface area contributed by atoms with Crippen LogP contribution < -0.4 is 15.8 Å². The number of hydrogen-bond donors (Lipinski definition) is 2. The summed E-state index contributed by atoms with van der Waals surface area (Å²) < 4.78 is 19.2. The Morgan fingerprint density at radius 3 is 2.65 bits per heavy atom. The molecule has 2 rings (SSSR count). The van der Waals surface area contributed by atoms with Crippen molar-refractivity contribution in [3.63, 3.8) is 0 Å². The number of nitrogens with one attached hydrogen (secondary N) is 1. The van der Waals surface area contributed by atoms with Gasteiger partial charge in [0.05, 0.1) is 12.8 Å². The molecule has 0 saturated carbocycles. The van der Waals surface area contributed by atoms with Crippen molar-refractivity contribution in [3.8, 4) is 5.75 Å². The Kier molecular flexibility index (Phi) is 4.24. The SMILES string of the molecule is COc1cccc(N)c1C(=O)Nc1c(F)cccc1Br. The molecule has 6 heteroatoms. The van der Waals surface area contributed by atoms with Gasteiger partial charge in [0.1, 0.15) is 17.1 Å². The fourth-order valence-electron chi connectivity index (χ4n) is 1.75. The van der Waals surface area contributed by atoms with Crippen LogP contribution >= 0.6 is 15.9 Å². The Bertz CT molecular complexity index is 641. The molecule has 3 N–H and O–H groups in total. The van der Waals surface area contributed by atoms with Gasteiger partial charge in [0.2, 0.25) is 0 Å². The third-order valence-corrected chi connectivity index (χ3v) is 3.37. The Morgan fingerprint density at radius 2 is 2.00 bits per heavy atom. The predicted molar refractivity (Wildman–Crippen MR) is 79.5 cm³/mol. The third kappa shape index (κ3) is 2.75. The zero-order valence-electron chi connectivity index (χ0n) is 10.6. The van der Waals surface area contributed by atoms with Gasteiger partial charge in [0.25, 0.3) is 5.91 Å². The van der Waals surface area contributed by atoms with Gasteiger partial charge in [-0.25, -0.2) is 4.39 Å². The van der Waals surface area contributed by atoms with Crippen LogP contribution in [-0.4, -0.2) is 13.0 Å². The van der Waals surface area contributed by atoms with Crippen molar-refractivity contribution in [2.75, 3.05) is 18.2 Å². The van der Waals surface area contributed by atoms with E-state index in [1.54, 1.807) is 24.3 Å². The van der Waals surface area contributed by atoms with E-state index in [2.05, 4.69) is 21.2 Å². The van der Waals surface area contributed by atoms with E-state index in [1.807, 2.05) is 0 Å². The van der Waals surface area contributed by atoms with E-state index in [0.29, 0.717) is 10.2 Å². The molecule has 0 aliphatic carbocycles. The smallest absolute Gasteiger partial charge is 0.261 e. The van der Waals surface area contributed by atoms with Crippen LogP contribution in [0.15, 0.2) is 40.9 Å². The van der Waals surface area contributed by atoms with Crippen LogP contribution in [0.2, 0.25) is 0 Å². The van der Waals surface area contributed by atoms with E-state index >= 15 is 0 Å². The first kappa shape index (κ1) is 14.3. The summed E-state index contributed by atoms with van der Waals surface area (Å²) in [6.07, 6.45) is 0. The van der Waals surface area contributed by atoms with Crippen LogP contribution in [0.4, 0.5) is 15.8 Å². The molecule has 0 fully saturated rings. The molecule has 0 radical (unpaired) electrons. The molecule has 2 aromatic carbocycles. The zero-order chi connectivity index (χ0) is 14.7. The van der Waals surface area contributed by atoms with Gasteiger partial charge < -0.3 is 15.8 Å². The molecule has 0 bridgehead atoms. The molecule has 104 valence electrons. The highest BCUT2D eigenvalue weighted by atomic mass is 79.9. The van der Waals surface area contributed by atoms with Gasteiger partial charge in [-0.3, -0.25) is 4.79 Å². The van der Waals surface area contributed by atoms with Gasteiger partial charge in [-0.15, -0.1) is 0 Å². The minimum absolute atomic E-state index is 0.0582. The normalized spacial score (nSPS) is 10.2. The fraction of sp³-hybridized carbons (Fsp3) is 0.0714. The van der Waals surface area contributed by atoms with Crippen molar-refractivity contribution < 1.29 is 13.9 Å². The van der Waals surface area contributed by atoms with Crippen LogP contribution in [0.1, 0.15) is 10.4 Å². The summed E-state index contributed by atoms with van der Waals surface area (Å²) in [6, 6.07) is 9.28. The van der Waals surface area contributed by atoms with Crippen molar-refractivity contribution in [1.29, 1.82) is 0 Å². The van der Waals surface area contributed by atoms with E-state index in [1.165, 1.54) is 19.2 Å². The average Bonchev–Trinajstić information content (AvgIpc) is 2.42. The van der Waals surface area contributed by atoms with Gasteiger partial charge in [-0.2, -0.15) is 0 Å². The Morgan fingerprint density at radius 1 is 1.30 bits per heavy atom. The zero-order valence-corrected chi connectivity index (χ0v) is 12.2. The molecule has 4 nitrogen and oxygen atoms in total. The Balaban J connectivity index is 2.39. The number of anilines is 2. The summed E-state index contributed by atoms with van der Waals surface area (Å²) >= 11 is 3.19. The number of carbonyl (C=O) groups excluding carboxylic acids is 1. The summed E-state index contributed by atoms with van der Waals surface area (Å²) in [5, 5.41) is 2.49. The topological polar surface area (TPSA) is 64.3 Å². The monoisotopic (exact) mass is 338 g/mol. The van der Waals surface area contributed by atoms with Crippen LogP contribution in [0, 0.1) is 5.82 Å². The highest BCUT2D eigenvalue weighted by Gasteiger charge is 2.18. The van der Waals surface area contributed by atoms with E-state index in [9.17, 15) is 9.18 Å². The molecule has 0 saturated heterocycles. The van der Waals surface area contributed by atoms with Gasteiger partial charge in [0, 0.05) is 10.2 Å². The number of amides is 1. The second-order valence-corrected chi connectivity index (χ2v) is 4.83. The minimum Gasteiger partial charge on any atom is -0.496 e. The molecular weight excluding hydrogens is 327 g/mol. The largest absolute Gasteiger partial charge is 0.496 e. The van der Waals surface area contributed by atoms with E-state index in [-0.39, 0.29) is 16.9 Å². The summed E-state index contributed by atoms with van der Waals surface area (Å²) in [6.45, 7) is 0. The van der Waals surface area contributed by atoms with Crippen LogP contribution in [0.3, 0.4) is 0 Å². The quantitative estimate of drug-likeness (QED) is 0.842. The van der Waals surface area contributed by atoms with Crippen molar-refractivity contribution in [3.05, 3.63) is 52.3 Å². The van der Waals surface area contributed by atoms with Crippen LogP contribution in [-0.2, 0) is 0 Å². The lowest BCUT2D eigenvalue weighted by molar-refractivity contribution is 0.102. The lowest BCUT2D eigenvalue weighted by Gasteiger charge is -2.12. The number of hydrogen-bond acceptors (Lipinski definition) is 3. The molecule has 0 aliphatic heterocycles. The molecule has 2 aromatic rings. The van der Waals surface area contributed by atoms with Gasteiger partial charge >= 0.3 is 0 Å². The van der Waals surface area contributed by atoms with Crippen molar-refractivity contribution in [2.24, 2.45) is 0 Å². The number of carbonyl (C=O) groups is 1. The highest BCUT2D eigenvalue weighted by Crippen LogP contribution is 2.29. The Hall–Kier alpha value is -2.08. The summed E-state index contributed by atoms with van der Waals surface area (Å²) in [7, 11) is 1.44. The van der Waals surface area contributed by atoms with E-state index < -0.39 is 11.7 Å². The lowest BCUT2D eigenvalue weighted by Crippen LogP contribution is -2.16. The number of ether oxygens (including phenoxy) is 1. The maximum Gasteiger partial charge on any atom is 0.261 e. The van der Waals surface area contributed by atoms with Crippen LogP contribution in [0.5, 0.6) is 5.75 Å². The van der Waals surface area contributed by atoms with Gasteiger partial charge in [-0.1, -0.05) is 12.1 Å². The Labute approximate surface area is 123 Å². The van der Waals surface area contributed by atoms with Crippen molar-refractivity contribution in [1.82, 2.24) is 0 Å². The molecule has 20 heavy (non-hydrogen) atoms. The summed E-state index contributed by atoms with van der Waals surface area (Å²) in [5.74, 6) is -0.748. The summed E-state index contributed by atoms with van der Waals surface area (Å²) in [5.41, 5.74) is 6.27. The molecule has 0 aliphatic rings. The first-order valence-electron chi connectivity index (χ1n) is 5.72. The van der Waals surface area contributed by atoms with Gasteiger partial charge in [-0.05, 0) is 40.2 Å². The molecule has 1 amide bonds. The number of para-hydroxylation sites is 1. The molecule has 0 spiro atoms. The number of rotatable bonds is 3. The first-order chi connectivity index (χ1) is 9.54. The van der Waals surface area contributed by atoms with Gasteiger partial charge in [0.15, 0.2) is 0 Å². The number of halogens is 2. The third-order valence-electron chi connectivity index (χ3n) is 2.71. The highest BCUT2D eigenvalue weighted by molar-refractivity contribution is 9.10. The first-order valence-corrected chi connectivity index (χ1v) is 6.51. The molecule has 0 heterocycles. The maximum atomic E-state index is 13.7. The van der Waals surface area contributed by atoms with Crippen LogP contribution in [0.25, 0.3) is 0 Å². The molecule has 0 aromatic heterocycles. The number of benzene rings is 2. The molecule has 0 unspecified atom stereocenters. The van der Waals surface area contributed by atoms with Crippen molar-refractivity contribution >= 4 is 33.2 Å². The standard InChI is InChI=1S/C14H12BrFN2O2/c1-20-11-7-3-6-10(17)12(11)14(19)18-13-8(15)4-2-5-9(13)16/h2-7H,17H2,1H3,(H,18,19). The number of nitrogens with two attached hydrogens (primary N) is 1. The number of nitrogen functional groups attached to an aromatic ring is 1.